The minimum Gasteiger partial charge on any atom is -0.444 e. The number of carbonyl (C=O) groups is 1. The first-order valence-electron chi connectivity index (χ1n) is 5.89. The van der Waals surface area contributed by atoms with Crippen LogP contribution in [0.25, 0.3) is 0 Å². The third kappa shape index (κ3) is 2.48. The zero-order valence-electron chi connectivity index (χ0n) is 10.9. The third-order valence-corrected chi connectivity index (χ3v) is 2.66. The molecular formula is C13H17N3O2. The molecule has 0 spiro atoms. The lowest BCUT2D eigenvalue weighted by Crippen LogP contribution is -2.41. The predicted molar refractivity (Wildman–Crippen MR) is 66.8 cm³/mol. The minimum atomic E-state index is -0.478. The van der Waals surface area contributed by atoms with Crippen LogP contribution >= 0.6 is 0 Å². The van der Waals surface area contributed by atoms with Crippen LogP contribution in [0.2, 0.25) is 0 Å². The Balaban J connectivity index is 2.09. The molecule has 0 atom stereocenters. The van der Waals surface area contributed by atoms with E-state index in [1.54, 1.807) is 11.1 Å². The maximum absolute atomic E-state index is 11.9. The van der Waals surface area contributed by atoms with E-state index in [0.29, 0.717) is 19.6 Å². The van der Waals surface area contributed by atoms with Crippen LogP contribution in [0.1, 0.15) is 32.3 Å². The van der Waals surface area contributed by atoms with E-state index in [9.17, 15) is 4.79 Å². The predicted octanol–water partition coefficient (Wildman–Crippen LogP) is 1.62. The highest BCUT2D eigenvalue weighted by molar-refractivity contribution is 5.68. The van der Waals surface area contributed by atoms with Crippen molar-refractivity contribution in [3.8, 4) is 12.3 Å². The second kappa shape index (κ2) is 4.37. The van der Waals surface area contributed by atoms with Crippen LogP contribution in [0.3, 0.4) is 0 Å². The van der Waals surface area contributed by atoms with E-state index in [4.69, 9.17) is 11.2 Å². The van der Waals surface area contributed by atoms with Crippen molar-refractivity contribution in [3.63, 3.8) is 0 Å². The Kier molecular flexibility index (Phi) is 3.04. The fourth-order valence-corrected chi connectivity index (χ4v) is 1.86. The van der Waals surface area contributed by atoms with Gasteiger partial charge in [0.1, 0.15) is 17.1 Å². The summed E-state index contributed by atoms with van der Waals surface area (Å²) in [5.74, 6) is 3.39. The Morgan fingerprint density at radius 3 is 2.83 bits per heavy atom. The van der Waals surface area contributed by atoms with Gasteiger partial charge in [-0.25, -0.2) is 9.78 Å². The molecule has 0 radical (unpaired) electrons. The zero-order chi connectivity index (χ0) is 13.3. The van der Waals surface area contributed by atoms with Crippen molar-refractivity contribution >= 4 is 6.09 Å². The van der Waals surface area contributed by atoms with Crippen molar-refractivity contribution in [3.05, 3.63) is 17.7 Å². The van der Waals surface area contributed by atoms with Gasteiger partial charge < -0.3 is 9.30 Å². The lowest BCUT2D eigenvalue weighted by atomic mass is 10.2. The van der Waals surface area contributed by atoms with Gasteiger partial charge in [0.25, 0.3) is 0 Å². The summed E-state index contributed by atoms with van der Waals surface area (Å²) in [6.07, 6.45) is 6.73. The number of rotatable bonds is 0. The van der Waals surface area contributed by atoms with Gasteiger partial charge in [-0.3, -0.25) is 4.90 Å². The van der Waals surface area contributed by atoms with E-state index < -0.39 is 5.60 Å². The van der Waals surface area contributed by atoms with Gasteiger partial charge in [-0.1, -0.05) is 5.92 Å². The third-order valence-electron chi connectivity index (χ3n) is 2.66. The van der Waals surface area contributed by atoms with Gasteiger partial charge in [0.05, 0.1) is 12.7 Å². The molecule has 0 saturated heterocycles. The van der Waals surface area contributed by atoms with Crippen molar-refractivity contribution in [2.75, 3.05) is 6.54 Å². The molecule has 0 unspecified atom stereocenters. The molecule has 5 heteroatoms. The van der Waals surface area contributed by atoms with Gasteiger partial charge in [-0.15, -0.1) is 6.42 Å². The van der Waals surface area contributed by atoms with Crippen LogP contribution in [-0.4, -0.2) is 32.7 Å². The average molecular weight is 247 g/mol. The highest BCUT2D eigenvalue weighted by Crippen LogP contribution is 2.17. The molecule has 1 aliphatic heterocycles. The highest BCUT2D eigenvalue weighted by atomic mass is 16.6. The number of carbonyl (C=O) groups excluding carboxylic acids is 1. The number of aromatic nitrogens is 2. The first-order valence-corrected chi connectivity index (χ1v) is 5.89. The molecule has 0 saturated carbocycles. The molecule has 1 aliphatic rings. The SMILES string of the molecule is C#Cc1cnc2n1CCN(C(=O)OC(C)(C)C)C2. The Hall–Kier alpha value is -1.96. The summed E-state index contributed by atoms with van der Waals surface area (Å²) in [5, 5.41) is 0. The van der Waals surface area contributed by atoms with Gasteiger partial charge in [-0.2, -0.15) is 0 Å². The lowest BCUT2D eigenvalue weighted by molar-refractivity contribution is 0.0195. The Morgan fingerprint density at radius 2 is 2.22 bits per heavy atom. The number of nitrogens with zero attached hydrogens (tertiary/aromatic N) is 3. The van der Waals surface area contributed by atoms with E-state index in [1.807, 2.05) is 25.3 Å². The molecular weight excluding hydrogens is 230 g/mol. The summed E-state index contributed by atoms with van der Waals surface area (Å²) in [5.41, 5.74) is 0.280. The van der Waals surface area contributed by atoms with Crippen molar-refractivity contribution in [2.45, 2.75) is 39.5 Å². The molecule has 2 rings (SSSR count). The number of fused-ring (bicyclic) bond motifs is 1. The summed E-state index contributed by atoms with van der Waals surface area (Å²) in [7, 11) is 0. The molecule has 96 valence electrons. The van der Waals surface area contributed by atoms with Crippen LogP contribution in [0.15, 0.2) is 6.20 Å². The summed E-state index contributed by atoms with van der Waals surface area (Å²) in [6, 6.07) is 0. The number of imidazole rings is 1. The topological polar surface area (TPSA) is 47.4 Å². The Morgan fingerprint density at radius 1 is 1.50 bits per heavy atom. The van der Waals surface area contributed by atoms with Gasteiger partial charge in [-0.05, 0) is 20.8 Å². The molecule has 0 aromatic carbocycles. The quantitative estimate of drug-likeness (QED) is 0.654. The monoisotopic (exact) mass is 247 g/mol. The van der Waals surface area contributed by atoms with Gasteiger partial charge >= 0.3 is 6.09 Å². The summed E-state index contributed by atoms with van der Waals surface area (Å²) >= 11 is 0. The molecule has 0 N–H and O–H groups in total. The lowest BCUT2D eigenvalue weighted by Gasteiger charge is -2.30. The van der Waals surface area contributed by atoms with Crippen LogP contribution in [0, 0.1) is 12.3 Å². The average Bonchev–Trinajstić information content (AvgIpc) is 2.68. The molecule has 1 aromatic heterocycles. The number of terminal acetylenes is 1. The van der Waals surface area contributed by atoms with Crippen LogP contribution in [-0.2, 0) is 17.8 Å². The Labute approximate surface area is 107 Å². The van der Waals surface area contributed by atoms with Crippen molar-refractivity contribution in [1.29, 1.82) is 0 Å². The van der Waals surface area contributed by atoms with Crippen molar-refractivity contribution < 1.29 is 9.53 Å². The van der Waals surface area contributed by atoms with Crippen molar-refractivity contribution in [1.82, 2.24) is 14.5 Å². The van der Waals surface area contributed by atoms with E-state index in [2.05, 4.69) is 10.9 Å². The maximum Gasteiger partial charge on any atom is 0.410 e. The van der Waals surface area contributed by atoms with Gasteiger partial charge in [0.15, 0.2) is 0 Å². The first-order chi connectivity index (χ1) is 8.40. The molecule has 1 amide bonds. The second-order valence-electron chi connectivity index (χ2n) is 5.26. The van der Waals surface area contributed by atoms with Crippen LogP contribution in [0.4, 0.5) is 4.79 Å². The minimum absolute atomic E-state index is 0.306. The molecule has 2 heterocycles. The fraction of sp³-hybridized carbons (Fsp3) is 0.538. The van der Waals surface area contributed by atoms with Crippen LogP contribution < -0.4 is 0 Å². The smallest absolute Gasteiger partial charge is 0.410 e. The summed E-state index contributed by atoms with van der Waals surface area (Å²) < 4.78 is 7.29. The van der Waals surface area contributed by atoms with E-state index in [0.717, 1.165) is 11.5 Å². The maximum atomic E-state index is 11.9. The number of hydrogen-bond acceptors (Lipinski definition) is 3. The zero-order valence-corrected chi connectivity index (χ0v) is 10.9. The molecule has 18 heavy (non-hydrogen) atoms. The van der Waals surface area contributed by atoms with E-state index >= 15 is 0 Å². The number of ether oxygens (including phenoxy) is 1. The van der Waals surface area contributed by atoms with E-state index in [1.165, 1.54) is 0 Å². The number of hydrogen-bond donors (Lipinski definition) is 0. The highest BCUT2D eigenvalue weighted by Gasteiger charge is 2.26. The summed E-state index contributed by atoms with van der Waals surface area (Å²) in [6.45, 7) is 7.25. The Bertz CT molecular complexity index is 505. The van der Waals surface area contributed by atoms with Gasteiger partial charge in [0.2, 0.25) is 0 Å². The second-order valence-corrected chi connectivity index (χ2v) is 5.26. The van der Waals surface area contributed by atoms with Gasteiger partial charge in [0, 0.05) is 13.1 Å². The van der Waals surface area contributed by atoms with Crippen molar-refractivity contribution in [2.24, 2.45) is 0 Å². The molecule has 0 bridgehead atoms. The standard InChI is InChI=1S/C13H17N3O2/c1-5-10-8-14-11-9-15(6-7-16(10)11)12(17)18-13(2,3)4/h1,8H,6-7,9H2,2-4H3. The fourth-order valence-electron chi connectivity index (χ4n) is 1.86. The molecule has 1 aromatic rings. The first kappa shape index (κ1) is 12.5. The van der Waals surface area contributed by atoms with Crippen LogP contribution in [0.5, 0.6) is 0 Å². The molecule has 0 fully saturated rings. The molecule has 0 aliphatic carbocycles. The normalized spacial score (nSPS) is 14.9. The number of amides is 1. The van der Waals surface area contributed by atoms with E-state index in [-0.39, 0.29) is 6.09 Å². The largest absolute Gasteiger partial charge is 0.444 e. The molecule has 5 nitrogen and oxygen atoms in total. The summed E-state index contributed by atoms with van der Waals surface area (Å²) in [4.78, 5) is 17.8.